The highest BCUT2D eigenvalue weighted by atomic mass is 16.5. The van der Waals surface area contributed by atoms with Gasteiger partial charge in [-0.25, -0.2) is 9.59 Å². The van der Waals surface area contributed by atoms with Crippen LogP contribution in [0.4, 0.5) is 4.79 Å². The van der Waals surface area contributed by atoms with Gasteiger partial charge in [0.1, 0.15) is 11.5 Å². The van der Waals surface area contributed by atoms with Crippen LogP contribution in [0.15, 0.2) is 78.5 Å². The average molecular weight is 561 g/mol. The first-order valence-corrected chi connectivity index (χ1v) is 14.3. The second-order valence-electron chi connectivity index (χ2n) is 10.5. The predicted molar refractivity (Wildman–Crippen MR) is 157 cm³/mol. The molecule has 2 heterocycles. The summed E-state index contributed by atoms with van der Waals surface area (Å²) < 4.78 is 11.6. The van der Waals surface area contributed by atoms with Crippen LogP contribution in [0, 0.1) is 5.92 Å². The van der Waals surface area contributed by atoms with Crippen molar-refractivity contribution < 1.29 is 23.9 Å². The number of hydrogen-bond acceptors (Lipinski definition) is 6. The molecule has 0 aromatic heterocycles. The minimum atomic E-state index is -0.733. The lowest BCUT2D eigenvalue weighted by molar-refractivity contribution is -0.139. The van der Waals surface area contributed by atoms with E-state index in [1.165, 1.54) is 0 Å². The largest absolute Gasteiger partial charge is 0.463 e. The summed E-state index contributed by atoms with van der Waals surface area (Å²) in [7, 11) is 0. The van der Waals surface area contributed by atoms with Crippen LogP contribution in [0.5, 0.6) is 11.5 Å². The van der Waals surface area contributed by atoms with E-state index in [-0.39, 0.29) is 31.0 Å². The molecule has 0 aliphatic carbocycles. The second kappa shape index (κ2) is 14.0. The van der Waals surface area contributed by atoms with E-state index in [9.17, 15) is 14.4 Å². The third-order valence-corrected chi connectivity index (χ3v) is 7.18. The van der Waals surface area contributed by atoms with E-state index < -0.39 is 12.0 Å². The topological polar surface area (TPSA) is 91.4 Å². The summed E-state index contributed by atoms with van der Waals surface area (Å²) in [5.41, 5.74) is 1.66. The van der Waals surface area contributed by atoms with Crippen molar-refractivity contribution in [1.29, 1.82) is 0 Å². The maximum absolute atomic E-state index is 13.6. The van der Waals surface area contributed by atoms with Crippen LogP contribution >= 0.6 is 0 Å². The van der Waals surface area contributed by atoms with Crippen LogP contribution in [-0.2, 0) is 14.3 Å². The van der Waals surface area contributed by atoms with E-state index in [0.717, 1.165) is 13.0 Å². The SMILES string of the molecule is C=CCN1C(=O)N[C@@H](c2cccc(Oc3ccccc3)c2)C(C(=O)OCC)=C1CN1CCCN(C(=O)C(C)C)CC1. The van der Waals surface area contributed by atoms with Crippen molar-refractivity contribution in [2.45, 2.75) is 33.2 Å². The number of para-hydroxylation sites is 1. The molecule has 9 heteroatoms. The molecule has 1 saturated heterocycles. The summed E-state index contributed by atoms with van der Waals surface area (Å²) in [5, 5.41) is 3.02. The maximum Gasteiger partial charge on any atom is 0.338 e. The quantitative estimate of drug-likeness (QED) is 0.334. The molecule has 0 unspecified atom stereocenters. The van der Waals surface area contributed by atoms with Crippen molar-refractivity contribution in [3.63, 3.8) is 0 Å². The van der Waals surface area contributed by atoms with Crippen LogP contribution in [0.2, 0.25) is 0 Å². The monoisotopic (exact) mass is 560 g/mol. The normalized spacial score (nSPS) is 18.1. The lowest BCUT2D eigenvalue weighted by Crippen LogP contribution is -2.51. The fourth-order valence-corrected chi connectivity index (χ4v) is 5.20. The molecule has 0 radical (unpaired) electrons. The van der Waals surface area contributed by atoms with Gasteiger partial charge in [0.25, 0.3) is 0 Å². The minimum Gasteiger partial charge on any atom is -0.463 e. The molecule has 2 aliphatic heterocycles. The molecule has 4 rings (SSSR count). The standard InChI is InChI=1S/C32H40N4O5/c1-5-16-36-27(22-34-17-11-18-35(20-19-34)30(37)23(3)4)28(31(38)40-6-2)29(33-32(36)39)24-12-10-15-26(21-24)41-25-13-8-7-9-14-25/h5,7-10,12-15,21,23,29H,1,6,11,16-20,22H2,2-4H3,(H,33,39)/t29-/m0/s1. The lowest BCUT2D eigenvalue weighted by atomic mass is 9.94. The fraction of sp³-hybridized carbons (Fsp3) is 0.406. The van der Waals surface area contributed by atoms with Gasteiger partial charge in [-0.05, 0) is 43.2 Å². The summed E-state index contributed by atoms with van der Waals surface area (Å²) in [4.78, 5) is 45.3. The molecule has 218 valence electrons. The Labute approximate surface area is 242 Å². The maximum atomic E-state index is 13.6. The van der Waals surface area contributed by atoms with Crippen molar-refractivity contribution in [1.82, 2.24) is 20.0 Å². The number of benzene rings is 2. The Morgan fingerprint density at radius 1 is 1.05 bits per heavy atom. The Hall–Kier alpha value is -4.11. The third-order valence-electron chi connectivity index (χ3n) is 7.18. The molecule has 1 atom stereocenters. The summed E-state index contributed by atoms with van der Waals surface area (Å²) >= 11 is 0. The number of amides is 3. The van der Waals surface area contributed by atoms with Gasteiger partial charge in [-0.3, -0.25) is 14.6 Å². The molecule has 9 nitrogen and oxygen atoms in total. The van der Waals surface area contributed by atoms with Crippen LogP contribution in [0.3, 0.4) is 0 Å². The smallest absolute Gasteiger partial charge is 0.338 e. The number of urea groups is 1. The Morgan fingerprint density at radius 2 is 1.80 bits per heavy atom. The molecule has 2 aromatic carbocycles. The Kier molecular flexibility index (Phi) is 10.2. The van der Waals surface area contributed by atoms with Crippen LogP contribution < -0.4 is 10.1 Å². The Bertz CT molecular complexity index is 1280. The van der Waals surface area contributed by atoms with Crippen LogP contribution in [0.25, 0.3) is 0 Å². The molecule has 1 fully saturated rings. The van der Waals surface area contributed by atoms with Gasteiger partial charge in [-0.1, -0.05) is 50.3 Å². The van der Waals surface area contributed by atoms with Gasteiger partial charge >= 0.3 is 12.0 Å². The minimum absolute atomic E-state index is 0.0628. The molecular formula is C32H40N4O5. The molecule has 2 aliphatic rings. The first-order valence-electron chi connectivity index (χ1n) is 14.3. The Morgan fingerprint density at radius 3 is 2.51 bits per heavy atom. The Balaban J connectivity index is 1.70. The number of carbonyl (C=O) groups excluding carboxylic acids is 3. The molecule has 0 bridgehead atoms. The molecule has 0 spiro atoms. The number of nitrogens with zero attached hydrogens (tertiary/aromatic N) is 3. The van der Waals surface area contributed by atoms with Gasteiger partial charge in [-0.2, -0.15) is 0 Å². The van der Waals surface area contributed by atoms with Crippen molar-refractivity contribution in [2.24, 2.45) is 5.92 Å². The summed E-state index contributed by atoms with van der Waals surface area (Å²) in [6.07, 6.45) is 2.44. The number of hydrogen-bond donors (Lipinski definition) is 1. The van der Waals surface area contributed by atoms with Gasteiger partial charge in [0.05, 0.1) is 18.2 Å². The number of carbonyl (C=O) groups is 3. The number of esters is 1. The first kappa shape index (κ1) is 29.9. The molecule has 2 aromatic rings. The van der Waals surface area contributed by atoms with Crippen molar-refractivity contribution in [2.75, 3.05) is 45.9 Å². The van der Waals surface area contributed by atoms with Gasteiger partial charge in [-0.15, -0.1) is 6.58 Å². The van der Waals surface area contributed by atoms with E-state index in [1.54, 1.807) is 17.9 Å². The van der Waals surface area contributed by atoms with E-state index >= 15 is 0 Å². The first-order chi connectivity index (χ1) is 19.8. The fourth-order valence-electron chi connectivity index (χ4n) is 5.20. The summed E-state index contributed by atoms with van der Waals surface area (Å²) in [6.45, 7) is 12.9. The second-order valence-corrected chi connectivity index (χ2v) is 10.5. The average Bonchev–Trinajstić information content (AvgIpc) is 3.20. The van der Waals surface area contributed by atoms with Gasteiger partial charge in [0, 0.05) is 50.9 Å². The number of rotatable bonds is 10. The molecule has 3 amide bonds. The summed E-state index contributed by atoms with van der Waals surface area (Å²) in [6, 6.07) is 15.7. The van der Waals surface area contributed by atoms with Crippen molar-refractivity contribution >= 4 is 17.9 Å². The van der Waals surface area contributed by atoms with Crippen molar-refractivity contribution in [3.8, 4) is 11.5 Å². The predicted octanol–water partition coefficient (Wildman–Crippen LogP) is 4.74. The van der Waals surface area contributed by atoms with Crippen LogP contribution in [-0.4, -0.2) is 78.5 Å². The molecule has 41 heavy (non-hydrogen) atoms. The van der Waals surface area contributed by atoms with Crippen molar-refractivity contribution in [3.05, 3.63) is 84.1 Å². The van der Waals surface area contributed by atoms with Gasteiger partial charge < -0.3 is 19.7 Å². The molecular weight excluding hydrogens is 520 g/mol. The zero-order chi connectivity index (χ0) is 29.4. The zero-order valence-corrected chi connectivity index (χ0v) is 24.2. The molecule has 0 saturated carbocycles. The third kappa shape index (κ3) is 7.35. The van der Waals surface area contributed by atoms with E-state index in [2.05, 4.69) is 16.8 Å². The van der Waals surface area contributed by atoms with Gasteiger partial charge in [0.15, 0.2) is 0 Å². The summed E-state index contributed by atoms with van der Waals surface area (Å²) in [5.74, 6) is 0.863. The number of ether oxygens (including phenoxy) is 2. The van der Waals surface area contributed by atoms with E-state index in [4.69, 9.17) is 9.47 Å². The van der Waals surface area contributed by atoms with Gasteiger partial charge in [0.2, 0.25) is 5.91 Å². The molecule has 1 N–H and O–H groups in total. The van der Waals surface area contributed by atoms with Crippen LogP contribution in [0.1, 0.15) is 38.8 Å². The highest BCUT2D eigenvalue weighted by Crippen LogP contribution is 2.34. The highest BCUT2D eigenvalue weighted by molar-refractivity contribution is 5.95. The van der Waals surface area contributed by atoms with E-state index in [1.807, 2.05) is 73.3 Å². The number of nitrogens with one attached hydrogen (secondary N) is 1. The lowest BCUT2D eigenvalue weighted by Gasteiger charge is -2.38. The zero-order valence-electron chi connectivity index (χ0n) is 24.2. The van der Waals surface area contributed by atoms with E-state index in [0.29, 0.717) is 54.5 Å². The highest BCUT2D eigenvalue weighted by Gasteiger charge is 2.39.